The fraction of sp³-hybridized carbons (Fsp3) is 0.389. The van der Waals surface area contributed by atoms with Crippen LogP contribution in [0.2, 0.25) is 0 Å². The molecule has 4 nitrogen and oxygen atoms in total. The zero-order valence-corrected chi connectivity index (χ0v) is 14.0. The van der Waals surface area contributed by atoms with Gasteiger partial charge in [-0.2, -0.15) is 11.3 Å². The van der Waals surface area contributed by atoms with Gasteiger partial charge >= 0.3 is 6.03 Å². The number of amides is 2. The van der Waals surface area contributed by atoms with Gasteiger partial charge in [0.1, 0.15) is 0 Å². The van der Waals surface area contributed by atoms with Crippen LogP contribution in [0.4, 0.5) is 10.5 Å². The number of carbonyl (C=O) groups excluding carboxylic acids is 1. The molecule has 1 saturated heterocycles. The van der Waals surface area contributed by atoms with Crippen LogP contribution in [0, 0.1) is 5.92 Å². The van der Waals surface area contributed by atoms with Gasteiger partial charge in [0.25, 0.3) is 0 Å². The monoisotopic (exact) mass is 329 g/mol. The largest absolute Gasteiger partial charge is 0.338 e. The quantitative estimate of drug-likeness (QED) is 0.877. The van der Waals surface area contributed by atoms with Gasteiger partial charge in [0, 0.05) is 18.8 Å². The molecule has 122 valence electrons. The first-order valence-electron chi connectivity index (χ1n) is 8.13. The summed E-state index contributed by atoms with van der Waals surface area (Å²) in [6, 6.07) is 11.6. The molecule has 23 heavy (non-hydrogen) atoms. The van der Waals surface area contributed by atoms with Crippen LogP contribution in [0.5, 0.6) is 0 Å². The molecule has 1 aliphatic heterocycles. The van der Waals surface area contributed by atoms with E-state index >= 15 is 0 Å². The van der Waals surface area contributed by atoms with Crippen molar-refractivity contribution in [1.29, 1.82) is 0 Å². The van der Waals surface area contributed by atoms with E-state index in [9.17, 15) is 4.79 Å². The number of likely N-dealkylation sites (tertiary alicyclic amines) is 1. The Labute approximate surface area is 141 Å². The van der Waals surface area contributed by atoms with E-state index in [0.29, 0.717) is 5.92 Å². The molecule has 2 amide bonds. The van der Waals surface area contributed by atoms with Gasteiger partial charge in [0.2, 0.25) is 0 Å². The lowest BCUT2D eigenvalue weighted by Gasteiger charge is -2.31. The highest BCUT2D eigenvalue weighted by atomic mass is 32.1. The average Bonchev–Trinajstić information content (AvgIpc) is 3.08. The molecule has 0 saturated carbocycles. The molecule has 0 spiro atoms. The second-order valence-corrected chi connectivity index (χ2v) is 6.83. The highest BCUT2D eigenvalue weighted by Crippen LogP contribution is 2.19. The van der Waals surface area contributed by atoms with Crippen molar-refractivity contribution in [3.63, 3.8) is 0 Å². The van der Waals surface area contributed by atoms with Gasteiger partial charge in [-0.05, 0) is 66.4 Å². The Kier molecular flexibility index (Phi) is 5.66. The summed E-state index contributed by atoms with van der Waals surface area (Å²) in [6.07, 6.45) is 2.30. The smallest absolute Gasteiger partial charge is 0.319 e. The Morgan fingerprint density at radius 3 is 2.65 bits per heavy atom. The molecular formula is C18H23N3OS. The summed E-state index contributed by atoms with van der Waals surface area (Å²) in [5.74, 6) is 0.579. The highest BCUT2D eigenvalue weighted by molar-refractivity contribution is 7.07. The van der Waals surface area contributed by atoms with Gasteiger partial charge in [0.05, 0.1) is 0 Å². The fourth-order valence-corrected chi connectivity index (χ4v) is 3.58. The summed E-state index contributed by atoms with van der Waals surface area (Å²) in [5, 5.41) is 10.2. The minimum Gasteiger partial charge on any atom is -0.338 e. The molecule has 1 aromatic carbocycles. The topological polar surface area (TPSA) is 44.4 Å². The van der Waals surface area contributed by atoms with E-state index in [4.69, 9.17) is 0 Å². The first-order valence-corrected chi connectivity index (χ1v) is 9.07. The van der Waals surface area contributed by atoms with Gasteiger partial charge in [-0.15, -0.1) is 0 Å². The Morgan fingerprint density at radius 1 is 1.17 bits per heavy atom. The lowest BCUT2D eigenvalue weighted by atomic mass is 9.96. The molecule has 1 fully saturated rings. The second kappa shape index (κ2) is 8.13. The van der Waals surface area contributed by atoms with E-state index in [-0.39, 0.29) is 6.03 Å². The lowest BCUT2D eigenvalue weighted by Crippen LogP contribution is -2.39. The van der Waals surface area contributed by atoms with Crippen LogP contribution in [0.3, 0.4) is 0 Å². The van der Waals surface area contributed by atoms with Crippen LogP contribution in [0.15, 0.2) is 47.2 Å². The molecule has 0 radical (unpaired) electrons. The van der Waals surface area contributed by atoms with Crippen LogP contribution < -0.4 is 10.6 Å². The number of para-hydroxylation sites is 1. The van der Waals surface area contributed by atoms with Crippen LogP contribution in [-0.2, 0) is 6.54 Å². The zero-order valence-electron chi connectivity index (χ0n) is 13.2. The third-order valence-corrected chi connectivity index (χ3v) is 5.01. The standard InChI is InChI=1S/C18H23N3OS/c22-18(20-17-4-2-1-3-5-17)19-12-15-6-9-21(10-7-15)13-16-8-11-23-14-16/h1-5,8,11,14-15H,6-7,9-10,12-13H2,(H2,19,20,22). The maximum absolute atomic E-state index is 11.9. The number of hydrogen-bond acceptors (Lipinski definition) is 3. The average molecular weight is 329 g/mol. The first-order chi connectivity index (χ1) is 11.3. The van der Waals surface area contributed by atoms with Crippen LogP contribution in [-0.4, -0.2) is 30.6 Å². The Balaban J connectivity index is 1.35. The number of nitrogens with one attached hydrogen (secondary N) is 2. The van der Waals surface area contributed by atoms with Crippen LogP contribution >= 0.6 is 11.3 Å². The molecule has 3 rings (SSSR count). The summed E-state index contributed by atoms with van der Waals surface area (Å²) < 4.78 is 0. The Hall–Kier alpha value is -1.85. The molecule has 2 N–H and O–H groups in total. The minimum absolute atomic E-state index is 0.114. The lowest BCUT2D eigenvalue weighted by molar-refractivity contribution is 0.176. The minimum atomic E-state index is -0.114. The summed E-state index contributed by atoms with van der Waals surface area (Å²) in [7, 11) is 0. The highest BCUT2D eigenvalue weighted by Gasteiger charge is 2.19. The van der Waals surface area contributed by atoms with Crippen LogP contribution in [0.25, 0.3) is 0 Å². The van der Waals surface area contributed by atoms with Crippen molar-refractivity contribution in [3.05, 3.63) is 52.7 Å². The predicted molar refractivity (Wildman–Crippen MR) is 95.8 cm³/mol. The molecule has 1 aliphatic rings. The van der Waals surface area contributed by atoms with Gasteiger partial charge in [0.15, 0.2) is 0 Å². The van der Waals surface area contributed by atoms with E-state index < -0.39 is 0 Å². The van der Waals surface area contributed by atoms with E-state index in [1.165, 1.54) is 5.56 Å². The fourth-order valence-electron chi connectivity index (χ4n) is 2.92. The maximum Gasteiger partial charge on any atom is 0.319 e. The Bertz CT molecular complexity index is 592. The summed E-state index contributed by atoms with van der Waals surface area (Å²) >= 11 is 1.76. The zero-order chi connectivity index (χ0) is 15.9. The van der Waals surface area contributed by atoms with E-state index in [0.717, 1.165) is 44.7 Å². The number of urea groups is 1. The third-order valence-electron chi connectivity index (χ3n) is 4.28. The SMILES string of the molecule is O=C(NCC1CCN(Cc2ccsc2)CC1)Nc1ccccc1. The second-order valence-electron chi connectivity index (χ2n) is 6.05. The number of nitrogens with zero attached hydrogens (tertiary/aromatic N) is 1. The molecule has 0 aliphatic carbocycles. The molecule has 0 atom stereocenters. The van der Waals surface area contributed by atoms with E-state index in [1.54, 1.807) is 11.3 Å². The molecule has 2 aromatic rings. The maximum atomic E-state index is 11.9. The van der Waals surface area contributed by atoms with Crippen molar-refractivity contribution in [3.8, 4) is 0 Å². The van der Waals surface area contributed by atoms with Crippen LogP contribution in [0.1, 0.15) is 18.4 Å². The third kappa shape index (κ3) is 5.08. The predicted octanol–water partition coefficient (Wildman–Crippen LogP) is 3.78. The summed E-state index contributed by atoms with van der Waals surface area (Å²) in [6.45, 7) is 4.04. The van der Waals surface area contributed by atoms with Crippen molar-refractivity contribution >= 4 is 23.1 Å². The molecule has 0 bridgehead atoms. The number of rotatable bonds is 5. The number of anilines is 1. The number of thiophene rings is 1. The molecule has 2 heterocycles. The van der Waals surface area contributed by atoms with Crippen molar-refractivity contribution < 1.29 is 4.79 Å². The Morgan fingerprint density at radius 2 is 1.96 bits per heavy atom. The number of piperidine rings is 1. The normalized spacial score (nSPS) is 16.2. The summed E-state index contributed by atoms with van der Waals surface area (Å²) in [4.78, 5) is 14.4. The molecule has 0 unspecified atom stereocenters. The van der Waals surface area contributed by atoms with Gasteiger partial charge in [-0.25, -0.2) is 4.79 Å². The van der Waals surface area contributed by atoms with Crippen molar-refractivity contribution in [2.45, 2.75) is 19.4 Å². The number of carbonyl (C=O) groups is 1. The number of hydrogen-bond donors (Lipinski definition) is 2. The van der Waals surface area contributed by atoms with Crippen molar-refractivity contribution in [2.75, 3.05) is 25.0 Å². The van der Waals surface area contributed by atoms with E-state index in [2.05, 4.69) is 32.4 Å². The molecule has 5 heteroatoms. The first kappa shape index (κ1) is 16.0. The summed E-state index contributed by atoms with van der Waals surface area (Å²) in [5.41, 5.74) is 2.24. The van der Waals surface area contributed by atoms with Crippen molar-refractivity contribution in [2.24, 2.45) is 5.92 Å². The number of benzene rings is 1. The van der Waals surface area contributed by atoms with Gasteiger partial charge in [-0.1, -0.05) is 18.2 Å². The van der Waals surface area contributed by atoms with Crippen molar-refractivity contribution in [1.82, 2.24) is 10.2 Å². The molecular weight excluding hydrogens is 306 g/mol. The van der Waals surface area contributed by atoms with Gasteiger partial charge < -0.3 is 10.6 Å². The van der Waals surface area contributed by atoms with E-state index in [1.807, 2.05) is 30.3 Å². The van der Waals surface area contributed by atoms with Gasteiger partial charge in [-0.3, -0.25) is 4.90 Å². The molecule has 1 aromatic heterocycles.